The Kier molecular flexibility index (Phi) is 2.86. The van der Waals surface area contributed by atoms with Gasteiger partial charge in [-0.3, -0.25) is 0 Å². The number of rotatable bonds is 2. The van der Waals surface area contributed by atoms with Crippen molar-refractivity contribution in [3.05, 3.63) is 23.3 Å². The van der Waals surface area contributed by atoms with Crippen molar-refractivity contribution < 1.29 is 19.1 Å². The topological polar surface area (TPSA) is 76.7 Å². The molecule has 0 bridgehead atoms. The van der Waals surface area contributed by atoms with Crippen LogP contribution in [0.5, 0.6) is 5.75 Å². The van der Waals surface area contributed by atoms with Gasteiger partial charge in [-0.05, 0) is 17.7 Å². The predicted molar refractivity (Wildman–Crippen MR) is 60.2 cm³/mol. The number of methoxy groups -OCH3 is 2. The fourth-order valence-electron chi connectivity index (χ4n) is 1.68. The Bertz CT molecular complexity index is 467. The summed E-state index contributed by atoms with van der Waals surface area (Å²) in [4.78, 5) is 22.6. The first-order chi connectivity index (χ1) is 8.15. The van der Waals surface area contributed by atoms with Gasteiger partial charge in [0.1, 0.15) is 5.75 Å². The fourth-order valence-corrected chi connectivity index (χ4v) is 1.68. The summed E-state index contributed by atoms with van der Waals surface area (Å²) < 4.78 is 9.79. The molecule has 1 aromatic carbocycles. The van der Waals surface area contributed by atoms with Crippen LogP contribution in [-0.2, 0) is 11.3 Å². The third-order valence-corrected chi connectivity index (χ3v) is 2.50. The van der Waals surface area contributed by atoms with Gasteiger partial charge >= 0.3 is 12.0 Å². The second-order valence-corrected chi connectivity index (χ2v) is 3.51. The minimum atomic E-state index is -0.442. The molecule has 0 radical (unpaired) electrons. The van der Waals surface area contributed by atoms with E-state index in [0.717, 1.165) is 5.56 Å². The zero-order valence-corrected chi connectivity index (χ0v) is 9.49. The van der Waals surface area contributed by atoms with E-state index in [9.17, 15) is 9.59 Å². The molecule has 0 fully saturated rings. The van der Waals surface area contributed by atoms with Gasteiger partial charge in [0.15, 0.2) is 0 Å². The number of nitrogens with one attached hydrogen (secondary N) is 2. The van der Waals surface area contributed by atoms with E-state index in [4.69, 9.17) is 4.74 Å². The van der Waals surface area contributed by atoms with Crippen molar-refractivity contribution in [2.24, 2.45) is 0 Å². The Morgan fingerprint density at radius 1 is 1.35 bits per heavy atom. The summed E-state index contributed by atoms with van der Waals surface area (Å²) in [6.45, 7) is 0.350. The second-order valence-electron chi connectivity index (χ2n) is 3.51. The maximum Gasteiger partial charge on any atom is 0.337 e. The van der Waals surface area contributed by atoms with Gasteiger partial charge in [0.05, 0.1) is 25.5 Å². The molecule has 90 valence electrons. The number of urea groups is 1. The number of hydrogen-bond donors (Lipinski definition) is 2. The Labute approximate surface area is 97.9 Å². The minimum absolute atomic E-state index is 0.290. The molecule has 1 aliphatic rings. The highest BCUT2D eigenvalue weighted by Crippen LogP contribution is 2.32. The zero-order chi connectivity index (χ0) is 12.4. The number of esters is 1. The number of ether oxygens (including phenoxy) is 2. The van der Waals surface area contributed by atoms with Crippen molar-refractivity contribution in [1.29, 1.82) is 0 Å². The standard InChI is InChI=1S/C11H12N2O4/c1-16-8-4-6(10(14)17-2)3-7-5-12-11(15)13-9(7)8/h3-4H,5H2,1-2H3,(H2,12,13,15). The average molecular weight is 236 g/mol. The van der Waals surface area contributed by atoms with Crippen molar-refractivity contribution in [2.75, 3.05) is 19.5 Å². The first-order valence-corrected chi connectivity index (χ1v) is 4.99. The number of fused-ring (bicyclic) bond motifs is 1. The monoisotopic (exact) mass is 236 g/mol. The Morgan fingerprint density at radius 3 is 2.76 bits per heavy atom. The first kappa shape index (κ1) is 11.3. The van der Waals surface area contributed by atoms with Gasteiger partial charge in [0.2, 0.25) is 0 Å². The van der Waals surface area contributed by atoms with Crippen molar-refractivity contribution >= 4 is 17.7 Å². The van der Waals surface area contributed by atoms with E-state index in [0.29, 0.717) is 23.5 Å². The van der Waals surface area contributed by atoms with Crippen molar-refractivity contribution in [1.82, 2.24) is 5.32 Å². The van der Waals surface area contributed by atoms with Crippen LogP contribution in [0, 0.1) is 0 Å². The van der Waals surface area contributed by atoms with E-state index in [-0.39, 0.29) is 6.03 Å². The molecule has 6 heteroatoms. The van der Waals surface area contributed by atoms with Crippen molar-refractivity contribution in [3.8, 4) is 5.75 Å². The average Bonchev–Trinajstić information content (AvgIpc) is 2.36. The summed E-state index contributed by atoms with van der Waals surface area (Å²) >= 11 is 0. The Hall–Kier alpha value is -2.24. The van der Waals surface area contributed by atoms with Crippen LogP contribution >= 0.6 is 0 Å². The van der Waals surface area contributed by atoms with Crippen LogP contribution in [0.15, 0.2) is 12.1 Å². The van der Waals surface area contributed by atoms with Gasteiger partial charge in [-0.1, -0.05) is 0 Å². The van der Waals surface area contributed by atoms with Crippen LogP contribution in [0.3, 0.4) is 0 Å². The molecule has 17 heavy (non-hydrogen) atoms. The zero-order valence-electron chi connectivity index (χ0n) is 9.49. The molecule has 0 aromatic heterocycles. The third kappa shape index (κ3) is 2.01. The lowest BCUT2D eigenvalue weighted by atomic mass is 10.1. The molecular formula is C11H12N2O4. The highest BCUT2D eigenvalue weighted by atomic mass is 16.5. The third-order valence-electron chi connectivity index (χ3n) is 2.50. The highest BCUT2D eigenvalue weighted by molar-refractivity contribution is 5.97. The lowest BCUT2D eigenvalue weighted by molar-refractivity contribution is 0.0600. The summed E-state index contributed by atoms with van der Waals surface area (Å²) in [6, 6.07) is 2.91. The summed E-state index contributed by atoms with van der Waals surface area (Å²) in [6.07, 6.45) is 0. The molecule has 1 aromatic rings. The van der Waals surface area contributed by atoms with Gasteiger partial charge in [0, 0.05) is 6.54 Å². The van der Waals surface area contributed by atoms with Gasteiger partial charge in [-0.2, -0.15) is 0 Å². The van der Waals surface area contributed by atoms with Gasteiger partial charge < -0.3 is 20.1 Å². The van der Waals surface area contributed by atoms with Crippen LogP contribution in [0.2, 0.25) is 0 Å². The molecule has 0 saturated carbocycles. The summed E-state index contributed by atoms with van der Waals surface area (Å²) in [5, 5.41) is 5.25. The molecule has 0 atom stereocenters. The normalized spacial score (nSPS) is 13.2. The summed E-state index contributed by atoms with van der Waals surface area (Å²) in [5.41, 5.74) is 1.76. The Morgan fingerprint density at radius 2 is 2.12 bits per heavy atom. The van der Waals surface area contributed by atoms with Crippen LogP contribution in [0.4, 0.5) is 10.5 Å². The Balaban J connectivity index is 2.49. The fraction of sp³-hybridized carbons (Fsp3) is 0.273. The van der Waals surface area contributed by atoms with Gasteiger partial charge in [-0.15, -0.1) is 0 Å². The maximum atomic E-state index is 11.4. The molecule has 0 saturated heterocycles. The number of carbonyl (C=O) groups is 2. The quantitative estimate of drug-likeness (QED) is 0.754. The number of carbonyl (C=O) groups excluding carboxylic acids is 2. The molecule has 0 unspecified atom stereocenters. The van der Waals surface area contributed by atoms with Gasteiger partial charge in [0.25, 0.3) is 0 Å². The number of amides is 2. The highest BCUT2D eigenvalue weighted by Gasteiger charge is 2.21. The van der Waals surface area contributed by atoms with E-state index in [1.54, 1.807) is 6.07 Å². The molecule has 2 rings (SSSR count). The van der Waals surface area contributed by atoms with E-state index in [1.807, 2.05) is 0 Å². The van der Waals surface area contributed by atoms with Crippen LogP contribution in [-0.4, -0.2) is 26.2 Å². The second kappa shape index (κ2) is 4.32. The number of hydrogen-bond acceptors (Lipinski definition) is 4. The molecular weight excluding hydrogens is 224 g/mol. The summed E-state index contributed by atoms with van der Waals surface area (Å²) in [7, 11) is 2.79. The van der Waals surface area contributed by atoms with Gasteiger partial charge in [-0.25, -0.2) is 9.59 Å². The molecule has 2 N–H and O–H groups in total. The predicted octanol–water partition coefficient (Wildman–Crippen LogP) is 1.12. The maximum absolute atomic E-state index is 11.4. The molecule has 0 aliphatic carbocycles. The SMILES string of the molecule is COC(=O)c1cc2c(c(OC)c1)NC(=O)NC2. The van der Waals surface area contributed by atoms with E-state index < -0.39 is 5.97 Å². The smallest absolute Gasteiger partial charge is 0.337 e. The lowest BCUT2D eigenvalue weighted by Gasteiger charge is -2.21. The lowest BCUT2D eigenvalue weighted by Crippen LogP contribution is -2.33. The van der Waals surface area contributed by atoms with Crippen molar-refractivity contribution in [2.45, 2.75) is 6.54 Å². The number of anilines is 1. The largest absolute Gasteiger partial charge is 0.495 e. The van der Waals surface area contributed by atoms with Crippen LogP contribution in [0.25, 0.3) is 0 Å². The van der Waals surface area contributed by atoms with E-state index >= 15 is 0 Å². The van der Waals surface area contributed by atoms with Crippen LogP contribution < -0.4 is 15.4 Å². The summed E-state index contributed by atoms with van der Waals surface area (Å²) in [5.74, 6) is 0.000694. The van der Waals surface area contributed by atoms with E-state index in [2.05, 4.69) is 15.4 Å². The van der Waals surface area contributed by atoms with E-state index in [1.165, 1.54) is 20.3 Å². The number of benzene rings is 1. The van der Waals surface area contributed by atoms with Crippen LogP contribution in [0.1, 0.15) is 15.9 Å². The van der Waals surface area contributed by atoms with Crippen molar-refractivity contribution in [3.63, 3.8) is 0 Å². The molecule has 6 nitrogen and oxygen atoms in total. The molecule has 1 heterocycles. The molecule has 1 aliphatic heterocycles. The minimum Gasteiger partial charge on any atom is -0.495 e. The molecule has 0 spiro atoms. The molecule has 2 amide bonds. The first-order valence-electron chi connectivity index (χ1n) is 4.99.